The van der Waals surface area contributed by atoms with Gasteiger partial charge >= 0.3 is 0 Å². The minimum absolute atomic E-state index is 0.688. The van der Waals surface area contributed by atoms with E-state index in [2.05, 4.69) is 11.4 Å². The molecule has 0 N–H and O–H groups in total. The standard InChI is InChI=1S/C10H9N/c1-4-9-5-6-10(11-3)7-8(9)2/h4-7H,1H2,2H3. The number of hydrogen-bond donors (Lipinski definition) is 0. The molecule has 0 aliphatic heterocycles. The van der Waals surface area contributed by atoms with Gasteiger partial charge in [-0.2, -0.15) is 0 Å². The predicted octanol–water partition coefficient (Wildman–Crippen LogP) is 3.19. The van der Waals surface area contributed by atoms with Crippen LogP contribution < -0.4 is 0 Å². The molecule has 0 saturated carbocycles. The molecule has 54 valence electrons. The van der Waals surface area contributed by atoms with Crippen LogP contribution in [0.2, 0.25) is 0 Å². The summed E-state index contributed by atoms with van der Waals surface area (Å²) in [6, 6.07) is 5.58. The minimum atomic E-state index is 0.688. The van der Waals surface area contributed by atoms with Crippen molar-refractivity contribution in [3.63, 3.8) is 0 Å². The van der Waals surface area contributed by atoms with E-state index in [0.29, 0.717) is 5.69 Å². The fourth-order valence-electron chi connectivity index (χ4n) is 0.958. The zero-order valence-electron chi connectivity index (χ0n) is 6.46. The highest BCUT2D eigenvalue weighted by atomic mass is 14.6. The van der Waals surface area contributed by atoms with Crippen molar-refractivity contribution in [2.75, 3.05) is 0 Å². The average Bonchev–Trinajstić information content (AvgIpc) is 2.04. The molecule has 0 aliphatic carbocycles. The van der Waals surface area contributed by atoms with Crippen LogP contribution in [0.3, 0.4) is 0 Å². The third kappa shape index (κ3) is 1.47. The minimum Gasteiger partial charge on any atom is -0.238 e. The van der Waals surface area contributed by atoms with Crippen LogP contribution in [0.15, 0.2) is 24.8 Å². The van der Waals surface area contributed by atoms with E-state index in [0.717, 1.165) is 11.1 Å². The normalized spacial score (nSPS) is 8.73. The van der Waals surface area contributed by atoms with Crippen molar-refractivity contribution in [1.29, 1.82) is 0 Å². The summed E-state index contributed by atoms with van der Waals surface area (Å²) in [5, 5.41) is 0. The van der Waals surface area contributed by atoms with Gasteiger partial charge in [0, 0.05) is 0 Å². The number of benzene rings is 1. The van der Waals surface area contributed by atoms with Crippen LogP contribution in [0.1, 0.15) is 11.1 Å². The summed E-state index contributed by atoms with van der Waals surface area (Å²) < 4.78 is 0. The summed E-state index contributed by atoms with van der Waals surface area (Å²) in [4.78, 5) is 3.32. The summed E-state index contributed by atoms with van der Waals surface area (Å²) in [7, 11) is 0. The molecule has 0 unspecified atom stereocenters. The van der Waals surface area contributed by atoms with E-state index < -0.39 is 0 Å². The fourth-order valence-corrected chi connectivity index (χ4v) is 0.958. The zero-order valence-corrected chi connectivity index (χ0v) is 6.46. The smallest absolute Gasteiger partial charge is 0.187 e. The number of hydrogen-bond acceptors (Lipinski definition) is 0. The van der Waals surface area contributed by atoms with Crippen molar-refractivity contribution in [2.45, 2.75) is 6.92 Å². The molecule has 0 aliphatic rings. The highest BCUT2D eigenvalue weighted by molar-refractivity contribution is 5.58. The highest BCUT2D eigenvalue weighted by Gasteiger charge is 1.94. The first-order valence-corrected chi connectivity index (χ1v) is 3.38. The Labute approximate surface area is 66.8 Å². The van der Waals surface area contributed by atoms with Crippen molar-refractivity contribution in [3.05, 3.63) is 47.3 Å². The second-order valence-corrected chi connectivity index (χ2v) is 2.36. The van der Waals surface area contributed by atoms with E-state index in [9.17, 15) is 0 Å². The van der Waals surface area contributed by atoms with Crippen molar-refractivity contribution < 1.29 is 0 Å². The van der Waals surface area contributed by atoms with Gasteiger partial charge in [0.15, 0.2) is 5.69 Å². The Hall–Kier alpha value is -1.55. The Kier molecular flexibility index (Phi) is 2.08. The van der Waals surface area contributed by atoms with Gasteiger partial charge in [0.25, 0.3) is 0 Å². The maximum Gasteiger partial charge on any atom is 0.187 e. The van der Waals surface area contributed by atoms with Gasteiger partial charge in [0.2, 0.25) is 0 Å². The quantitative estimate of drug-likeness (QED) is 0.532. The number of aryl methyl sites for hydroxylation is 1. The van der Waals surface area contributed by atoms with Crippen LogP contribution in [0.4, 0.5) is 5.69 Å². The number of rotatable bonds is 1. The molecule has 11 heavy (non-hydrogen) atoms. The Bertz CT molecular complexity index is 318. The lowest BCUT2D eigenvalue weighted by Crippen LogP contribution is -1.77. The zero-order chi connectivity index (χ0) is 8.27. The van der Waals surface area contributed by atoms with Crippen LogP contribution in [0.25, 0.3) is 10.9 Å². The van der Waals surface area contributed by atoms with E-state index in [4.69, 9.17) is 6.57 Å². The van der Waals surface area contributed by atoms with E-state index in [-0.39, 0.29) is 0 Å². The molecule has 0 atom stereocenters. The molecule has 0 bridgehead atoms. The summed E-state index contributed by atoms with van der Waals surface area (Å²) in [6.07, 6.45) is 1.79. The van der Waals surface area contributed by atoms with Crippen molar-refractivity contribution in [2.24, 2.45) is 0 Å². The Morgan fingerprint density at radius 2 is 2.27 bits per heavy atom. The average molecular weight is 143 g/mol. The summed E-state index contributed by atoms with van der Waals surface area (Å²) in [6.45, 7) is 12.4. The van der Waals surface area contributed by atoms with E-state index >= 15 is 0 Å². The van der Waals surface area contributed by atoms with Gasteiger partial charge in [-0.05, 0) is 12.5 Å². The molecular weight excluding hydrogens is 134 g/mol. The van der Waals surface area contributed by atoms with Gasteiger partial charge in [0.1, 0.15) is 0 Å². The first-order valence-electron chi connectivity index (χ1n) is 3.38. The third-order valence-electron chi connectivity index (χ3n) is 1.60. The molecule has 1 heteroatoms. The van der Waals surface area contributed by atoms with Crippen molar-refractivity contribution in [3.8, 4) is 0 Å². The lowest BCUT2D eigenvalue weighted by Gasteiger charge is -1.98. The topological polar surface area (TPSA) is 4.36 Å². The van der Waals surface area contributed by atoms with Gasteiger partial charge in [0.05, 0.1) is 6.57 Å². The van der Waals surface area contributed by atoms with Crippen LogP contribution in [-0.2, 0) is 0 Å². The van der Waals surface area contributed by atoms with Gasteiger partial charge < -0.3 is 0 Å². The SMILES string of the molecule is [C-]#[N+]c1ccc(C=C)c(C)c1. The van der Waals surface area contributed by atoms with Crippen LogP contribution in [0.5, 0.6) is 0 Å². The van der Waals surface area contributed by atoms with E-state index in [1.54, 1.807) is 12.1 Å². The lowest BCUT2D eigenvalue weighted by atomic mass is 10.1. The second kappa shape index (κ2) is 3.03. The monoisotopic (exact) mass is 143 g/mol. The van der Waals surface area contributed by atoms with Crippen LogP contribution in [-0.4, -0.2) is 0 Å². The molecule has 0 saturated heterocycles. The molecule has 1 nitrogen and oxygen atoms in total. The van der Waals surface area contributed by atoms with Gasteiger partial charge in [-0.1, -0.05) is 36.4 Å². The maximum atomic E-state index is 6.77. The molecule has 0 fully saturated rings. The molecule has 0 amide bonds. The molecule has 1 aromatic rings. The van der Waals surface area contributed by atoms with E-state index in [1.165, 1.54) is 0 Å². The van der Waals surface area contributed by atoms with Gasteiger partial charge in [-0.25, -0.2) is 4.85 Å². The largest absolute Gasteiger partial charge is 0.238 e. The molecule has 0 aromatic heterocycles. The number of nitrogens with zero attached hydrogens (tertiary/aromatic N) is 1. The van der Waals surface area contributed by atoms with Gasteiger partial charge in [-0.3, -0.25) is 0 Å². The summed E-state index contributed by atoms with van der Waals surface area (Å²) >= 11 is 0. The molecule has 0 radical (unpaired) electrons. The Morgan fingerprint density at radius 1 is 1.55 bits per heavy atom. The summed E-state index contributed by atoms with van der Waals surface area (Å²) in [5.41, 5.74) is 2.89. The molecule has 0 spiro atoms. The van der Waals surface area contributed by atoms with Gasteiger partial charge in [-0.15, -0.1) is 0 Å². The maximum absolute atomic E-state index is 6.77. The lowest BCUT2D eigenvalue weighted by molar-refractivity contribution is 1.45. The molecule has 1 rings (SSSR count). The molecule has 0 heterocycles. The van der Waals surface area contributed by atoms with Crippen molar-refractivity contribution >= 4 is 11.8 Å². The van der Waals surface area contributed by atoms with Crippen LogP contribution >= 0.6 is 0 Å². The molecule has 1 aromatic carbocycles. The Morgan fingerprint density at radius 3 is 2.73 bits per heavy atom. The second-order valence-electron chi connectivity index (χ2n) is 2.36. The van der Waals surface area contributed by atoms with Crippen molar-refractivity contribution in [1.82, 2.24) is 0 Å². The third-order valence-corrected chi connectivity index (χ3v) is 1.60. The Balaban J connectivity index is 3.22. The first-order chi connectivity index (χ1) is 5.27. The predicted molar refractivity (Wildman–Crippen MR) is 47.5 cm³/mol. The first kappa shape index (κ1) is 7.56. The molecular formula is C10H9N. The van der Waals surface area contributed by atoms with Crippen LogP contribution in [0, 0.1) is 13.5 Å². The summed E-state index contributed by atoms with van der Waals surface area (Å²) in [5.74, 6) is 0. The fraction of sp³-hybridized carbons (Fsp3) is 0.100. The van der Waals surface area contributed by atoms with E-state index in [1.807, 2.05) is 19.1 Å². The highest BCUT2D eigenvalue weighted by Crippen LogP contribution is 2.17.